The van der Waals surface area contributed by atoms with Crippen LogP contribution in [0.2, 0.25) is 0 Å². The molecule has 0 saturated carbocycles. The highest BCUT2D eigenvalue weighted by Gasteiger charge is 2.10. The minimum Gasteiger partial charge on any atom is -0.463 e. The molecule has 0 saturated heterocycles. The number of rotatable bonds is 5. The first-order valence-corrected chi connectivity index (χ1v) is 5.52. The molecule has 2 aromatic rings. The van der Waals surface area contributed by atoms with Gasteiger partial charge < -0.3 is 9.25 Å². The Morgan fingerprint density at radius 2 is 2.06 bits per heavy atom. The molecule has 2 rings (SSSR count). The van der Waals surface area contributed by atoms with Crippen LogP contribution in [0.25, 0.3) is 0 Å². The van der Waals surface area contributed by atoms with Gasteiger partial charge in [-0.2, -0.15) is 0 Å². The molecule has 1 aromatic carbocycles. The summed E-state index contributed by atoms with van der Waals surface area (Å²) in [5.74, 6) is 0.623. The van der Waals surface area contributed by atoms with Gasteiger partial charge in [0.15, 0.2) is 17.7 Å². The number of hydrogen-bond donors (Lipinski definition) is 1. The maximum absolute atomic E-state index is 5.57. The van der Waals surface area contributed by atoms with Gasteiger partial charge in [-0.25, -0.2) is 0 Å². The van der Waals surface area contributed by atoms with E-state index < -0.39 is 6.23 Å². The van der Waals surface area contributed by atoms with Gasteiger partial charge in [-0.05, 0) is 18.2 Å². The average molecular weight is 242 g/mol. The van der Waals surface area contributed by atoms with Gasteiger partial charge in [0.25, 0.3) is 0 Å². The lowest BCUT2D eigenvalue weighted by Gasteiger charge is -2.07. The number of furan rings is 1. The third-order valence-electron chi connectivity index (χ3n) is 2.30. The van der Waals surface area contributed by atoms with Crippen LogP contribution in [0.4, 0.5) is 0 Å². The molecule has 0 spiro atoms. The summed E-state index contributed by atoms with van der Waals surface area (Å²) in [6, 6.07) is 13.2. The van der Waals surface area contributed by atoms with Crippen LogP contribution in [0, 0.1) is 0 Å². The monoisotopic (exact) mass is 242 g/mol. The first-order chi connectivity index (χ1) is 8.81. The molecular weight excluding hydrogens is 228 g/mol. The molecule has 1 aromatic heterocycles. The minimum atomic E-state index is -0.640. The smallest absolute Gasteiger partial charge is 0.194 e. The van der Waals surface area contributed by atoms with Crippen molar-refractivity contribution in [2.45, 2.75) is 6.23 Å². The van der Waals surface area contributed by atoms with Gasteiger partial charge in [-0.15, -0.1) is 0 Å². The predicted molar refractivity (Wildman–Crippen MR) is 70.0 cm³/mol. The largest absolute Gasteiger partial charge is 0.463 e. The quantitative estimate of drug-likeness (QED) is 0.379. The summed E-state index contributed by atoms with van der Waals surface area (Å²) in [5, 5.41) is 4.03. The normalized spacial score (nSPS) is 13.1. The molecule has 18 heavy (non-hydrogen) atoms. The highest BCUT2D eigenvalue weighted by molar-refractivity contribution is 6.10. The van der Waals surface area contributed by atoms with Gasteiger partial charge in [0, 0.05) is 5.56 Å². The lowest BCUT2D eigenvalue weighted by atomic mass is 10.1. The summed E-state index contributed by atoms with van der Waals surface area (Å²) in [7, 11) is 0. The second-order valence-corrected chi connectivity index (χ2v) is 3.59. The van der Waals surface area contributed by atoms with Crippen LogP contribution in [-0.2, 0) is 4.84 Å². The van der Waals surface area contributed by atoms with Gasteiger partial charge in [0.2, 0.25) is 0 Å². The SMILES string of the molecule is C=CC(N)ON=C(c1ccccc1)c1ccco1. The zero-order valence-corrected chi connectivity index (χ0v) is 9.82. The molecule has 4 heteroatoms. The minimum absolute atomic E-state index is 0.595. The van der Waals surface area contributed by atoms with E-state index in [0.29, 0.717) is 11.5 Å². The molecule has 0 radical (unpaired) electrons. The second kappa shape index (κ2) is 5.84. The molecule has 0 aliphatic heterocycles. The van der Waals surface area contributed by atoms with Gasteiger partial charge in [-0.3, -0.25) is 5.73 Å². The van der Waals surface area contributed by atoms with Gasteiger partial charge in [0.1, 0.15) is 0 Å². The number of nitrogens with two attached hydrogens (primary N) is 1. The van der Waals surface area contributed by atoms with Crippen LogP contribution in [0.5, 0.6) is 0 Å². The summed E-state index contributed by atoms with van der Waals surface area (Å²) in [6.07, 6.45) is 2.41. The Kier molecular flexibility index (Phi) is 3.94. The van der Waals surface area contributed by atoms with Crippen LogP contribution < -0.4 is 5.73 Å². The third kappa shape index (κ3) is 2.87. The molecule has 1 unspecified atom stereocenters. The summed E-state index contributed by atoms with van der Waals surface area (Å²) < 4.78 is 5.34. The van der Waals surface area contributed by atoms with E-state index in [1.807, 2.05) is 36.4 Å². The second-order valence-electron chi connectivity index (χ2n) is 3.59. The van der Waals surface area contributed by atoms with E-state index in [9.17, 15) is 0 Å². The van der Waals surface area contributed by atoms with Crippen molar-refractivity contribution in [1.82, 2.24) is 0 Å². The summed E-state index contributed by atoms with van der Waals surface area (Å²) in [6.45, 7) is 3.53. The van der Waals surface area contributed by atoms with Crippen molar-refractivity contribution < 1.29 is 9.25 Å². The van der Waals surface area contributed by atoms with Crippen molar-refractivity contribution in [3.8, 4) is 0 Å². The van der Waals surface area contributed by atoms with E-state index in [0.717, 1.165) is 5.56 Å². The van der Waals surface area contributed by atoms with Crippen molar-refractivity contribution in [1.29, 1.82) is 0 Å². The van der Waals surface area contributed by atoms with Crippen molar-refractivity contribution in [3.63, 3.8) is 0 Å². The summed E-state index contributed by atoms with van der Waals surface area (Å²) in [5.41, 5.74) is 7.06. The van der Waals surface area contributed by atoms with Crippen LogP contribution in [0.1, 0.15) is 11.3 Å². The Morgan fingerprint density at radius 1 is 1.28 bits per heavy atom. The van der Waals surface area contributed by atoms with Crippen molar-refractivity contribution in [2.75, 3.05) is 0 Å². The average Bonchev–Trinajstić information content (AvgIpc) is 2.94. The standard InChI is InChI=1S/C14H14N2O2/c1-2-13(15)18-16-14(12-9-6-10-17-12)11-7-4-3-5-8-11/h2-10,13H,1,15H2. The fraction of sp³-hybridized carbons (Fsp3) is 0.0714. The molecule has 0 amide bonds. The molecule has 2 N–H and O–H groups in total. The van der Waals surface area contributed by atoms with Crippen LogP contribution in [0.15, 0.2) is 71.0 Å². The predicted octanol–water partition coefficient (Wildman–Crippen LogP) is 2.52. The van der Waals surface area contributed by atoms with Crippen LogP contribution in [-0.4, -0.2) is 11.9 Å². The first-order valence-electron chi connectivity index (χ1n) is 5.52. The van der Waals surface area contributed by atoms with E-state index in [2.05, 4.69) is 11.7 Å². The van der Waals surface area contributed by atoms with Crippen molar-refractivity contribution in [3.05, 3.63) is 72.7 Å². The highest BCUT2D eigenvalue weighted by atomic mass is 16.6. The van der Waals surface area contributed by atoms with Crippen molar-refractivity contribution >= 4 is 5.71 Å². The van der Waals surface area contributed by atoms with Gasteiger partial charge >= 0.3 is 0 Å². The fourth-order valence-corrected chi connectivity index (χ4v) is 1.41. The Balaban J connectivity index is 2.33. The number of benzene rings is 1. The first kappa shape index (κ1) is 12.1. The van der Waals surface area contributed by atoms with Crippen molar-refractivity contribution in [2.24, 2.45) is 10.9 Å². The summed E-state index contributed by atoms with van der Waals surface area (Å²) >= 11 is 0. The summed E-state index contributed by atoms with van der Waals surface area (Å²) in [4.78, 5) is 5.12. The molecule has 0 bridgehead atoms. The highest BCUT2D eigenvalue weighted by Crippen LogP contribution is 2.12. The maximum atomic E-state index is 5.57. The topological polar surface area (TPSA) is 60.8 Å². The molecule has 0 fully saturated rings. The molecule has 92 valence electrons. The number of hydrogen-bond acceptors (Lipinski definition) is 4. The van der Waals surface area contributed by atoms with Gasteiger partial charge in [0.05, 0.1) is 6.26 Å². The lowest BCUT2D eigenvalue weighted by molar-refractivity contribution is 0.0976. The Bertz CT molecular complexity index is 518. The Hall–Kier alpha value is -2.33. The molecule has 0 aliphatic carbocycles. The number of nitrogens with zero attached hydrogens (tertiary/aromatic N) is 1. The lowest BCUT2D eigenvalue weighted by Crippen LogP contribution is -2.19. The molecule has 4 nitrogen and oxygen atoms in total. The third-order valence-corrected chi connectivity index (χ3v) is 2.30. The molecule has 0 aliphatic rings. The number of oxime groups is 1. The van der Waals surface area contributed by atoms with E-state index >= 15 is 0 Å². The maximum Gasteiger partial charge on any atom is 0.194 e. The Labute approximate surface area is 105 Å². The molecule has 1 heterocycles. The van der Waals surface area contributed by atoms with E-state index in [-0.39, 0.29) is 0 Å². The Morgan fingerprint density at radius 3 is 2.67 bits per heavy atom. The van der Waals surface area contributed by atoms with Crippen LogP contribution >= 0.6 is 0 Å². The fourth-order valence-electron chi connectivity index (χ4n) is 1.41. The molecular formula is C14H14N2O2. The zero-order valence-electron chi connectivity index (χ0n) is 9.82. The van der Waals surface area contributed by atoms with E-state index in [4.69, 9.17) is 15.0 Å². The molecule has 1 atom stereocenters. The van der Waals surface area contributed by atoms with Gasteiger partial charge in [-0.1, -0.05) is 42.1 Å². The van der Waals surface area contributed by atoms with Crippen LogP contribution in [0.3, 0.4) is 0 Å². The zero-order chi connectivity index (χ0) is 12.8. The van der Waals surface area contributed by atoms with E-state index in [1.54, 1.807) is 12.3 Å². The van der Waals surface area contributed by atoms with E-state index in [1.165, 1.54) is 6.08 Å².